The van der Waals surface area contributed by atoms with Gasteiger partial charge < -0.3 is 20.3 Å². The first-order valence-corrected chi connectivity index (χ1v) is 9.76. The Balaban J connectivity index is 1.95. The van der Waals surface area contributed by atoms with Crippen LogP contribution < -0.4 is 10.6 Å². The van der Waals surface area contributed by atoms with Gasteiger partial charge in [-0.25, -0.2) is 15.0 Å². The summed E-state index contributed by atoms with van der Waals surface area (Å²) in [6, 6.07) is 4.83. The number of hydrogen-bond donors (Lipinski definition) is 2. The lowest BCUT2D eigenvalue weighted by Crippen LogP contribution is -2.41. The fourth-order valence-corrected chi connectivity index (χ4v) is 3.13. The van der Waals surface area contributed by atoms with Crippen LogP contribution in [0, 0.1) is 0 Å². The number of pyridine rings is 1. The van der Waals surface area contributed by atoms with E-state index in [-0.39, 0.29) is 22.7 Å². The van der Waals surface area contributed by atoms with Crippen LogP contribution in [0.15, 0.2) is 48.3 Å². The van der Waals surface area contributed by atoms with Crippen LogP contribution in [0.5, 0.6) is 0 Å². The molecule has 0 amide bonds. The van der Waals surface area contributed by atoms with E-state index in [0.29, 0.717) is 23.9 Å². The first kappa shape index (κ1) is 22.8. The highest BCUT2D eigenvalue weighted by molar-refractivity contribution is 6.29. The van der Waals surface area contributed by atoms with Crippen LogP contribution in [0.4, 0.5) is 24.8 Å². The summed E-state index contributed by atoms with van der Waals surface area (Å²) in [4.78, 5) is 14.2. The molecule has 166 valence electrons. The van der Waals surface area contributed by atoms with E-state index in [0.717, 1.165) is 11.0 Å². The molecule has 0 saturated heterocycles. The SMILES string of the molecule is COCC(C)Nc1cc(NC2=CC(C(F)(F)F)N(C)C=C2)nc(-c2cccc(Cl)n2)n1. The lowest BCUT2D eigenvalue weighted by atomic mass is 10.1. The van der Waals surface area contributed by atoms with Gasteiger partial charge in [0.05, 0.1) is 6.61 Å². The van der Waals surface area contributed by atoms with Crippen molar-refractivity contribution < 1.29 is 17.9 Å². The number of aromatic nitrogens is 3. The number of likely N-dealkylation sites (N-methyl/N-ethyl adjacent to an activating group) is 1. The van der Waals surface area contributed by atoms with Gasteiger partial charge in [0.2, 0.25) is 0 Å². The zero-order valence-corrected chi connectivity index (χ0v) is 17.9. The summed E-state index contributed by atoms with van der Waals surface area (Å²) >= 11 is 5.98. The summed E-state index contributed by atoms with van der Waals surface area (Å²) in [5.41, 5.74) is 0.694. The average molecular weight is 455 g/mol. The molecule has 2 N–H and O–H groups in total. The fourth-order valence-electron chi connectivity index (χ4n) is 2.97. The van der Waals surface area contributed by atoms with Gasteiger partial charge in [-0.15, -0.1) is 0 Å². The Labute approximate surface area is 183 Å². The van der Waals surface area contributed by atoms with Crippen LogP contribution in [-0.4, -0.2) is 58.9 Å². The number of allylic oxidation sites excluding steroid dienone is 1. The molecule has 0 spiro atoms. The van der Waals surface area contributed by atoms with Gasteiger partial charge in [-0.2, -0.15) is 13.2 Å². The van der Waals surface area contributed by atoms with Crippen LogP contribution >= 0.6 is 11.6 Å². The summed E-state index contributed by atoms with van der Waals surface area (Å²) in [6.07, 6.45) is -0.403. The zero-order valence-electron chi connectivity index (χ0n) is 17.1. The third kappa shape index (κ3) is 6.08. The number of ether oxygens (including phenoxy) is 1. The Bertz CT molecular complexity index is 982. The zero-order chi connectivity index (χ0) is 22.6. The Morgan fingerprint density at radius 2 is 1.97 bits per heavy atom. The third-order valence-corrected chi connectivity index (χ3v) is 4.57. The molecule has 11 heteroatoms. The number of rotatable bonds is 7. The molecule has 0 aliphatic carbocycles. The molecule has 0 radical (unpaired) electrons. The number of methoxy groups -OCH3 is 1. The molecule has 1 aliphatic rings. The highest BCUT2D eigenvalue weighted by atomic mass is 35.5. The summed E-state index contributed by atoms with van der Waals surface area (Å²) in [6.45, 7) is 2.34. The number of nitrogens with one attached hydrogen (secondary N) is 2. The minimum Gasteiger partial charge on any atom is -0.383 e. The molecule has 3 heterocycles. The summed E-state index contributed by atoms with van der Waals surface area (Å²) in [5, 5.41) is 6.39. The number of alkyl halides is 3. The molecule has 0 saturated carbocycles. The molecule has 31 heavy (non-hydrogen) atoms. The third-order valence-electron chi connectivity index (χ3n) is 4.35. The van der Waals surface area contributed by atoms with Crippen molar-refractivity contribution in [3.63, 3.8) is 0 Å². The van der Waals surface area contributed by atoms with Gasteiger partial charge in [0, 0.05) is 38.2 Å². The number of halogens is 4. The van der Waals surface area contributed by atoms with Crippen LogP contribution in [-0.2, 0) is 4.74 Å². The number of anilines is 2. The van der Waals surface area contributed by atoms with Crippen molar-refractivity contribution in [2.75, 3.05) is 31.4 Å². The lowest BCUT2D eigenvalue weighted by molar-refractivity contribution is -0.161. The standard InChI is InChI=1S/C20H22ClF3N6O/c1-12(11-31-3)25-17-10-18(29-19(28-17)14-5-4-6-16(21)27-14)26-13-7-8-30(2)15(9-13)20(22,23)24/h4-10,12,15H,11H2,1-3H3,(H2,25,26,28,29). The lowest BCUT2D eigenvalue weighted by Gasteiger charge is -2.30. The molecule has 2 atom stereocenters. The highest BCUT2D eigenvalue weighted by Gasteiger charge is 2.41. The second-order valence-electron chi connectivity index (χ2n) is 7.02. The van der Waals surface area contributed by atoms with E-state index in [9.17, 15) is 13.2 Å². The minimum atomic E-state index is -4.41. The van der Waals surface area contributed by atoms with Crippen molar-refractivity contribution in [2.24, 2.45) is 0 Å². The Kier molecular flexibility index (Phi) is 7.01. The molecule has 2 unspecified atom stereocenters. The van der Waals surface area contributed by atoms with E-state index in [1.165, 1.54) is 13.2 Å². The molecular formula is C20H22ClF3N6O. The monoisotopic (exact) mass is 454 g/mol. The second kappa shape index (κ2) is 9.52. The van der Waals surface area contributed by atoms with Crippen LogP contribution in [0.3, 0.4) is 0 Å². The predicted molar refractivity (Wildman–Crippen MR) is 114 cm³/mol. The summed E-state index contributed by atoms with van der Waals surface area (Å²) < 4.78 is 45.0. The van der Waals surface area contributed by atoms with Crippen LogP contribution in [0.1, 0.15) is 6.92 Å². The van der Waals surface area contributed by atoms with E-state index >= 15 is 0 Å². The topological polar surface area (TPSA) is 75.2 Å². The van der Waals surface area contributed by atoms with E-state index in [4.69, 9.17) is 16.3 Å². The van der Waals surface area contributed by atoms with Crippen molar-refractivity contribution in [1.29, 1.82) is 0 Å². The molecule has 0 aromatic carbocycles. The van der Waals surface area contributed by atoms with Gasteiger partial charge in [-0.05, 0) is 31.2 Å². The molecule has 0 fully saturated rings. The van der Waals surface area contributed by atoms with Crippen LogP contribution in [0.2, 0.25) is 5.15 Å². The van der Waals surface area contributed by atoms with Crippen LogP contribution in [0.25, 0.3) is 11.5 Å². The predicted octanol–water partition coefficient (Wildman–Crippen LogP) is 4.32. The largest absolute Gasteiger partial charge is 0.412 e. The number of hydrogen-bond acceptors (Lipinski definition) is 7. The van der Waals surface area contributed by atoms with Gasteiger partial charge in [0.15, 0.2) is 5.82 Å². The molecular weight excluding hydrogens is 433 g/mol. The molecule has 0 bridgehead atoms. The maximum atomic E-state index is 13.3. The number of nitrogens with zero attached hydrogens (tertiary/aromatic N) is 4. The first-order valence-electron chi connectivity index (χ1n) is 9.39. The van der Waals surface area contributed by atoms with Gasteiger partial charge in [0.1, 0.15) is 28.5 Å². The van der Waals surface area contributed by atoms with Gasteiger partial charge in [0.25, 0.3) is 0 Å². The Morgan fingerprint density at radius 1 is 1.23 bits per heavy atom. The van der Waals surface area contributed by atoms with Gasteiger partial charge in [-0.3, -0.25) is 0 Å². The minimum absolute atomic E-state index is 0.0648. The molecule has 1 aliphatic heterocycles. The van der Waals surface area contributed by atoms with Crippen molar-refractivity contribution in [2.45, 2.75) is 25.2 Å². The molecule has 3 rings (SSSR count). The smallest absolute Gasteiger partial charge is 0.383 e. The summed E-state index contributed by atoms with van der Waals surface area (Å²) in [5.74, 6) is 1.04. The molecule has 2 aromatic rings. The van der Waals surface area contributed by atoms with E-state index in [1.54, 1.807) is 37.5 Å². The van der Waals surface area contributed by atoms with Gasteiger partial charge in [-0.1, -0.05) is 17.7 Å². The molecule has 7 nitrogen and oxygen atoms in total. The Morgan fingerprint density at radius 3 is 2.65 bits per heavy atom. The maximum absolute atomic E-state index is 13.3. The van der Waals surface area contributed by atoms with Gasteiger partial charge >= 0.3 is 6.18 Å². The second-order valence-corrected chi connectivity index (χ2v) is 7.41. The van der Waals surface area contributed by atoms with E-state index in [2.05, 4.69) is 25.6 Å². The fraction of sp³-hybridized carbons (Fsp3) is 0.350. The normalized spacial score (nSPS) is 17.3. The van der Waals surface area contributed by atoms with Crippen molar-refractivity contribution >= 4 is 23.2 Å². The average Bonchev–Trinajstić information content (AvgIpc) is 2.68. The summed E-state index contributed by atoms with van der Waals surface area (Å²) in [7, 11) is 2.96. The molecule has 2 aromatic heterocycles. The first-order chi connectivity index (χ1) is 14.7. The van der Waals surface area contributed by atoms with E-state index < -0.39 is 12.2 Å². The van der Waals surface area contributed by atoms with Crippen molar-refractivity contribution in [3.8, 4) is 11.5 Å². The van der Waals surface area contributed by atoms with Crippen molar-refractivity contribution in [3.05, 3.63) is 53.5 Å². The maximum Gasteiger partial charge on any atom is 0.412 e. The van der Waals surface area contributed by atoms with E-state index in [1.807, 2.05) is 6.92 Å². The Hall–Kier alpha value is -2.85. The van der Waals surface area contributed by atoms with Crippen molar-refractivity contribution in [1.82, 2.24) is 19.9 Å². The quantitative estimate of drug-likeness (QED) is 0.603. The highest BCUT2D eigenvalue weighted by Crippen LogP contribution is 2.29.